The van der Waals surface area contributed by atoms with E-state index in [0.29, 0.717) is 12.8 Å². The molecule has 0 radical (unpaired) electrons. The first-order valence-corrected chi connectivity index (χ1v) is 16.9. The van der Waals surface area contributed by atoms with Crippen LogP contribution in [0.4, 0.5) is 0 Å². The van der Waals surface area contributed by atoms with Crippen molar-refractivity contribution < 1.29 is 102 Å². The van der Waals surface area contributed by atoms with Gasteiger partial charge in [0, 0.05) is 0 Å². The van der Waals surface area contributed by atoms with Gasteiger partial charge in [-0.2, -0.15) is 0 Å². The van der Waals surface area contributed by atoms with Crippen LogP contribution in [-0.4, -0.2) is 161 Å². The second kappa shape index (κ2) is 19.0. The summed E-state index contributed by atoms with van der Waals surface area (Å²) in [5.74, 6) is -50.1. The van der Waals surface area contributed by atoms with Gasteiger partial charge in [-0.15, -0.1) is 0 Å². The zero-order valence-electron chi connectivity index (χ0n) is 28.5. The van der Waals surface area contributed by atoms with E-state index in [9.17, 15) is 86.8 Å². The molecule has 0 saturated carbocycles. The van der Waals surface area contributed by atoms with Crippen LogP contribution in [0.15, 0.2) is 0 Å². The van der Waals surface area contributed by atoms with Gasteiger partial charge in [0.05, 0.1) is 0 Å². The van der Waals surface area contributed by atoms with Crippen LogP contribution in [-0.2, 0) is 0 Å². The number of unbranched alkanes of at least 4 members (excludes halogenated alkanes) is 17. The van der Waals surface area contributed by atoms with Crippen LogP contribution in [0, 0.1) is 0 Å². The molecule has 0 fully saturated rings. The quantitative estimate of drug-likeness (QED) is 0.0263. The van der Waals surface area contributed by atoms with Gasteiger partial charge in [-0.3, -0.25) is 0 Å². The predicted octanol–water partition coefficient (Wildman–Crippen LogP) is -5.14. The van der Waals surface area contributed by atoms with Crippen LogP contribution in [0.2, 0.25) is 0 Å². The van der Waals surface area contributed by atoms with E-state index in [1.54, 1.807) is 0 Å². The zero-order valence-corrected chi connectivity index (χ0v) is 28.5. The lowest BCUT2D eigenvalue weighted by molar-refractivity contribution is -0.605. The average molecular weight is 743 g/mol. The fourth-order valence-corrected chi connectivity index (χ4v) is 5.38. The molecule has 20 heteroatoms. The van der Waals surface area contributed by atoms with Crippen molar-refractivity contribution in [3.8, 4) is 0 Å². The minimum absolute atomic E-state index is 0.0653. The van der Waals surface area contributed by atoms with Crippen molar-refractivity contribution in [1.29, 1.82) is 0 Å². The van der Waals surface area contributed by atoms with Crippen molar-refractivity contribution >= 4 is 0 Å². The Labute approximate surface area is 289 Å². The van der Waals surface area contributed by atoms with Gasteiger partial charge in [-0.05, 0) is 6.42 Å². The summed E-state index contributed by atoms with van der Waals surface area (Å²) in [6.07, 6.45) is 14.7. The van der Waals surface area contributed by atoms with Crippen LogP contribution in [0.5, 0.6) is 0 Å². The van der Waals surface area contributed by atoms with Gasteiger partial charge in [-0.25, -0.2) is 0 Å². The predicted molar refractivity (Wildman–Crippen MR) is 166 cm³/mol. The van der Waals surface area contributed by atoms with Gasteiger partial charge in [0.15, 0.2) is 0 Å². The molecule has 0 amide bonds. The molecule has 0 rings (SSSR count). The standard InChI is InChI=1S/C30H62O20/c1-2-3-4-5-6-7-8-9-10-11-12-13-14-15-16-17-18-19-20-21(31)22(32,33)23(34,35)24(36,37)25(38,39)26(40,41)27(42,43)28(44,45)29(46,47)30(48,49)50/h21,31-50H,2-20H2,1H3. The lowest BCUT2D eigenvalue weighted by Crippen LogP contribution is -2.90. The minimum Gasteiger partial charge on any atom is -0.387 e. The summed E-state index contributed by atoms with van der Waals surface area (Å²) in [5.41, 5.74) is 0. The summed E-state index contributed by atoms with van der Waals surface area (Å²) in [6, 6.07) is 0. The molecule has 0 aliphatic heterocycles. The van der Waals surface area contributed by atoms with Gasteiger partial charge in [0.2, 0.25) is 0 Å². The Hall–Kier alpha value is -0.800. The van der Waals surface area contributed by atoms with Crippen molar-refractivity contribution in [3.05, 3.63) is 0 Å². The normalized spacial score (nSPS) is 15.5. The molecule has 0 spiro atoms. The number of aliphatic hydroxyl groups excluding tert-OH is 1. The van der Waals surface area contributed by atoms with Crippen molar-refractivity contribution in [1.82, 2.24) is 0 Å². The minimum atomic E-state index is -5.97. The maximum Gasteiger partial charge on any atom is 0.338 e. The summed E-state index contributed by atoms with van der Waals surface area (Å²) in [7, 11) is 0. The van der Waals surface area contributed by atoms with E-state index in [2.05, 4.69) is 6.92 Å². The summed E-state index contributed by atoms with van der Waals surface area (Å²) in [5, 5.41) is 196. The second-order valence-electron chi connectivity index (χ2n) is 13.4. The van der Waals surface area contributed by atoms with E-state index < -0.39 is 64.8 Å². The maximum atomic E-state index is 10.2. The van der Waals surface area contributed by atoms with E-state index in [1.807, 2.05) is 0 Å². The van der Waals surface area contributed by atoms with Gasteiger partial charge in [0.25, 0.3) is 40.5 Å². The van der Waals surface area contributed by atoms with Crippen LogP contribution in [0.25, 0.3) is 0 Å². The number of rotatable bonds is 28. The highest BCUT2D eigenvalue weighted by atomic mass is 16.8. The molecule has 0 aromatic carbocycles. The molecular formula is C30H62O20. The van der Waals surface area contributed by atoms with E-state index in [1.165, 1.54) is 57.8 Å². The first-order chi connectivity index (χ1) is 22.5. The Morgan fingerprint density at radius 1 is 0.300 bits per heavy atom. The monoisotopic (exact) mass is 742 g/mol. The molecule has 0 saturated heterocycles. The first-order valence-electron chi connectivity index (χ1n) is 16.9. The molecule has 0 bridgehead atoms. The highest BCUT2D eigenvalue weighted by Gasteiger charge is 2.86. The Kier molecular flexibility index (Phi) is 18.7. The van der Waals surface area contributed by atoms with Gasteiger partial charge in [-0.1, -0.05) is 122 Å². The third-order valence-electron chi connectivity index (χ3n) is 9.19. The lowest BCUT2D eigenvalue weighted by atomic mass is 9.76. The van der Waals surface area contributed by atoms with Crippen molar-refractivity contribution in [2.24, 2.45) is 0 Å². The molecule has 50 heavy (non-hydrogen) atoms. The fourth-order valence-electron chi connectivity index (χ4n) is 5.38. The summed E-state index contributed by atoms with van der Waals surface area (Å²) in [6.45, 7) is 2.20. The zero-order chi connectivity index (χ0) is 39.5. The summed E-state index contributed by atoms with van der Waals surface area (Å²) in [4.78, 5) is 0. The number of hydrogen-bond donors (Lipinski definition) is 20. The van der Waals surface area contributed by atoms with E-state index in [0.717, 1.165) is 38.5 Å². The molecule has 20 N–H and O–H groups in total. The first kappa shape index (κ1) is 49.2. The smallest absolute Gasteiger partial charge is 0.338 e. The molecule has 0 aromatic rings. The largest absolute Gasteiger partial charge is 0.387 e. The SMILES string of the molecule is CCCCCCCCCCCCCCCCCCCCC(O)C(O)(O)C(O)(O)C(O)(O)C(O)(O)C(O)(O)C(O)(O)C(O)(O)C(O)(O)C(O)(O)O. The third-order valence-corrected chi connectivity index (χ3v) is 9.19. The van der Waals surface area contributed by atoms with Crippen LogP contribution < -0.4 is 0 Å². The van der Waals surface area contributed by atoms with Crippen molar-refractivity contribution in [3.63, 3.8) is 0 Å². The van der Waals surface area contributed by atoms with Crippen LogP contribution in [0.1, 0.15) is 129 Å². The van der Waals surface area contributed by atoms with Gasteiger partial charge in [0.1, 0.15) is 6.10 Å². The molecule has 0 aromatic heterocycles. The Morgan fingerprint density at radius 3 is 0.780 bits per heavy atom. The van der Waals surface area contributed by atoms with Gasteiger partial charge >= 0.3 is 11.8 Å². The Balaban J connectivity index is 5.06. The molecule has 0 aliphatic carbocycles. The Morgan fingerprint density at radius 2 is 0.520 bits per heavy atom. The van der Waals surface area contributed by atoms with E-state index in [-0.39, 0.29) is 6.42 Å². The molecule has 0 aliphatic rings. The van der Waals surface area contributed by atoms with Crippen molar-refractivity contribution in [2.45, 2.75) is 187 Å². The molecule has 1 unspecified atom stereocenters. The maximum absolute atomic E-state index is 10.2. The fraction of sp³-hybridized carbons (Fsp3) is 1.00. The number of aliphatic hydroxyl groups is 20. The molecule has 0 heterocycles. The van der Waals surface area contributed by atoms with Gasteiger partial charge < -0.3 is 102 Å². The number of hydrogen-bond acceptors (Lipinski definition) is 20. The molecule has 20 nitrogen and oxygen atoms in total. The Bertz CT molecular complexity index is 957. The molecule has 302 valence electrons. The average Bonchev–Trinajstić information content (AvgIpc) is 2.98. The molecular weight excluding hydrogens is 680 g/mol. The highest BCUT2D eigenvalue weighted by Crippen LogP contribution is 2.47. The second-order valence-corrected chi connectivity index (χ2v) is 13.4. The lowest BCUT2D eigenvalue weighted by Gasteiger charge is -2.55. The third kappa shape index (κ3) is 10.7. The van der Waals surface area contributed by atoms with E-state index >= 15 is 0 Å². The topological polar surface area (TPSA) is 405 Å². The highest BCUT2D eigenvalue weighted by molar-refractivity contribution is 5.14. The molecule has 1 atom stereocenters. The van der Waals surface area contributed by atoms with E-state index in [4.69, 9.17) is 15.3 Å². The van der Waals surface area contributed by atoms with Crippen LogP contribution >= 0.6 is 0 Å². The van der Waals surface area contributed by atoms with Crippen molar-refractivity contribution in [2.75, 3.05) is 0 Å². The van der Waals surface area contributed by atoms with Crippen LogP contribution in [0.3, 0.4) is 0 Å². The summed E-state index contributed by atoms with van der Waals surface area (Å²) >= 11 is 0. The summed E-state index contributed by atoms with van der Waals surface area (Å²) < 4.78 is 0.